The molecule has 0 bridgehead atoms. The standard InChI is InChI=1S/C19H21N3O2/c1-13(23)22-18(14-8-10-15(11-9-14)21(2)3)12-17(20-22)16-6-4-5-7-19(16)24/h4-11,18,24H,12H2,1-3H3. The summed E-state index contributed by atoms with van der Waals surface area (Å²) in [6.45, 7) is 1.51. The maximum Gasteiger partial charge on any atom is 0.240 e. The first-order chi connectivity index (χ1) is 11.5. The number of para-hydroxylation sites is 1. The van der Waals surface area contributed by atoms with Crippen LogP contribution in [0.1, 0.15) is 30.5 Å². The van der Waals surface area contributed by atoms with E-state index in [2.05, 4.69) is 5.10 Å². The SMILES string of the molecule is CC(=O)N1N=C(c2ccccc2O)CC1c1ccc(N(C)C)cc1. The van der Waals surface area contributed by atoms with E-state index in [0.29, 0.717) is 12.0 Å². The van der Waals surface area contributed by atoms with E-state index in [4.69, 9.17) is 0 Å². The Morgan fingerprint density at radius 2 is 1.83 bits per heavy atom. The molecule has 2 aromatic carbocycles. The summed E-state index contributed by atoms with van der Waals surface area (Å²) in [5.74, 6) is 0.0745. The van der Waals surface area contributed by atoms with Crippen molar-refractivity contribution in [1.29, 1.82) is 0 Å². The van der Waals surface area contributed by atoms with E-state index >= 15 is 0 Å². The van der Waals surface area contributed by atoms with Crippen molar-refractivity contribution in [3.8, 4) is 5.75 Å². The molecule has 0 saturated heterocycles. The van der Waals surface area contributed by atoms with Crippen molar-refractivity contribution < 1.29 is 9.90 Å². The second-order valence-electron chi connectivity index (χ2n) is 6.13. The molecule has 24 heavy (non-hydrogen) atoms. The van der Waals surface area contributed by atoms with Crippen molar-refractivity contribution in [2.75, 3.05) is 19.0 Å². The highest BCUT2D eigenvalue weighted by atomic mass is 16.3. The molecule has 1 aliphatic heterocycles. The number of carbonyl (C=O) groups is 1. The summed E-state index contributed by atoms with van der Waals surface area (Å²) in [5.41, 5.74) is 3.54. The minimum Gasteiger partial charge on any atom is -0.507 e. The second kappa shape index (κ2) is 6.35. The van der Waals surface area contributed by atoms with Gasteiger partial charge in [-0.05, 0) is 29.8 Å². The lowest BCUT2D eigenvalue weighted by Crippen LogP contribution is -2.24. The number of aromatic hydroxyl groups is 1. The van der Waals surface area contributed by atoms with E-state index in [-0.39, 0.29) is 17.7 Å². The minimum absolute atomic E-state index is 0.109. The number of nitrogens with zero attached hydrogens (tertiary/aromatic N) is 3. The van der Waals surface area contributed by atoms with Crippen LogP contribution in [0.3, 0.4) is 0 Å². The zero-order valence-corrected chi connectivity index (χ0v) is 14.1. The molecule has 0 saturated carbocycles. The van der Waals surface area contributed by atoms with Gasteiger partial charge in [-0.2, -0.15) is 5.10 Å². The molecule has 1 heterocycles. The van der Waals surface area contributed by atoms with Crippen LogP contribution in [0, 0.1) is 0 Å². The van der Waals surface area contributed by atoms with Crippen molar-refractivity contribution in [3.05, 3.63) is 59.7 Å². The molecule has 0 aromatic heterocycles. The van der Waals surface area contributed by atoms with Gasteiger partial charge in [-0.25, -0.2) is 5.01 Å². The lowest BCUT2D eigenvalue weighted by Gasteiger charge is -2.21. The average molecular weight is 323 g/mol. The number of hydrogen-bond donors (Lipinski definition) is 1. The highest BCUT2D eigenvalue weighted by molar-refractivity contribution is 6.05. The summed E-state index contributed by atoms with van der Waals surface area (Å²) >= 11 is 0. The number of hydrazone groups is 1. The Labute approximate surface area is 141 Å². The topological polar surface area (TPSA) is 56.1 Å². The Balaban J connectivity index is 1.92. The predicted octanol–water partition coefficient (Wildman–Crippen LogP) is 3.16. The van der Waals surface area contributed by atoms with Crippen LogP contribution in [-0.2, 0) is 4.79 Å². The highest BCUT2D eigenvalue weighted by Gasteiger charge is 2.32. The van der Waals surface area contributed by atoms with Crippen LogP contribution in [0.15, 0.2) is 53.6 Å². The largest absolute Gasteiger partial charge is 0.507 e. The fourth-order valence-corrected chi connectivity index (χ4v) is 2.94. The first kappa shape index (κ1) is 16.1. The molecule has 0 fully saturated rings. The Kier molecular flexibility index (Phi) is 4.25. The Morgan fingerprint density at radius 3 is 2.42 bits per heavy atom. The fraction of sp³-hybridized carbons (Fsp3) is 0.263. The van der Waals surface area contributed by atoms with E-state index in [1.165, 1.54) is 11.9 Å². The van der Waals surface area contributed by atoms with Gasteiger partial charge in [-0.15, -0.1) is 0 Å². The predicted molar refractivity (Wildman–Crippen MR) is 95.3 cm³/mol. The molecule has 1 N–H and O–H groups in total. The van der Waals surface area contributed by atoms with Crippen LogP contribution in [0.5, 0.6) is 5.75 Å². The van der Waals surface area contributed by atoms with E-state index < -0.39 is 0 Å². The average Bonchev–Trinajstić information content (AvgIpc) is 3.00. The van der Waals surface area contributed by atoms with Gasteiger partial charge in [0.1, 0.15) is 5.75 Å². The van der Waals surface area contributed by atoms with Gasteiger partial charge < -0.3 is 10.0 Å². The lowest BCUT2D eigenvalue weighted by atomic mass is 9.97. The third-order valence-electron chi connectivity index (χ3n) is 4.24. The first-order valence-corrected chi connectivity index (χ1v) is 7.90. The molecule has 124 valence electrons. The zero-order valence-electron chi connectivity index (χ0n) is 14.1. The smallest absolute Gasteiger partial charge is 0.240 e. The zero-order chi connectivity index (χ0) is 17.3. The Hall–Kier alpha value is -2.82. The number of amides is 1. The van der Waals surface area contributed by atoms with E-state index in [9.17, 15) is 9.90 Å². The molecule has 1 amide bonds. The van der Waals surface area contributed by atoms with Crippen LogP contribution in [-0.4, -0.2) is 35.8 Å². The monoisotopic (exact) mass is 323 g/mol. The lowest BCUT2D eigenvalue weighted by molar-refractivity contribution is -0.130. The van der Waals surface area contributed by atoms with E-state index in [1.54, 1.807) is 12.1 Å². The van der Waals surface area contributed by atoms with Gasteiger partial charge in [-0.1, -0.05) is 24.3 Å². The molecule has 2 aromatic rings. The van der Waals surface area contributed by atoms with Gasteiger partial charge in [0.15, 0.2) is 0 Å². The van der Waals surface area contributed by atoms with Crippen molar-refractivity contribution in [2.24, 2.45) is 5.10 Å². The molecule has 0 aliphatic carbocycles. The van der Waals surface area contributed by atoms with Crippen LogP contribution >= 0.6 is 0 Å². The summed E-state index contributed by atoms with van der Waals surface area (Å²) in [5, 5.41) is 16.0. The van der Waals surface area contributed by atoms with Crippen molar-refractivity contribution in [3.63, 3.8) is 0 Å². The molecule has 1 unspecified atom stereocenters. The van der Waals surface area contributed by atoms with Gasteiger partial charge in [0, 0.05) is 38.7 Å². The van der Waals surface area contributed by atoms with Crippen LogP contribution < -0.4 is 4.90 Å². The van der Waals surface area contributed by atoms with Crippen molar-refractivity contribution >= 4 is 17.3 Å². The third-order valence-corrected chi connectivity index (χ3v) is 4.24. The Bertz CT molecular complexity index is 781. The number of benzene rings is 2. The van der Waals surface area contributed by atoms with Gasteiger partial charge in [-0.3, -0.25) is 4.79 Å². The number of phenolic OH excluding ortho intramolecular Hbond substituents is 1. The number of hydrogen-bond acceptors (Lipinski definition) is 4. The molecule has 1 atom stereocenters. The summed E-state index contributed by atoms with van der Waals surface area (Å²) < 4.78 is 0. The Morgan fingerprint density at radius 1 is 1.17 bits per heavy atom. The van der Waals surface area contributed by atoms with Gasteiger partial charge >= 0.3 is 0 Å². The van der Waals surface area contributed by atoms with E-state index in [1.807, 2.05) is 55.4 Å². The van der Waals surface area contributed by atoms with Gasteiger partial charge in [0.05, 0.1) is 11.8 Å². The molecule has 5 nitrogen and oxygen atoms in total. The maximum absolute atomic E-state index is 12.0. The van der Waals surface area contributed by atoms with Crippen molar-refractivity contribution in [1.82, 2.24) is 5.01 Å². The fourth-order valence-electron chi connectivity index (χ4n) is 2.94. The first-order valence-electron chi connectivity index (χ1n) is 7.90. The molecular weight excluding hydrogens is 302 g/mol. The quantitative estimate of drug-likeness (QED) is 0.944. The maximum atomic E-state index is 12.0. The highest BCUT2D eigenvalue weighted by Crippen LogP contribution is 2.35. The number of rotatable bonds is 3. The third kappa shape index (κ3) is 2.97. The molecule has 5 heteroatoms. The van der Waals surface area contributed by atoms with E-state index in [0.717, 1.165) is 17.0 Å². The summed E-state index contributed by atoms with van der Waals surface area (Å²) in [7, 11) is 3.98. The molecule has 0 spiro atoms. The molecule has 3 rings (SSSR count). The van der Waals surface area contributed by atoms with Gasteiger partial charge in [0.2, 0.25) is 5.91 Å². The molecule has 0 radical (unpaired) electrons. The minimum atomic E-state index is -0.145. The van der Waals surface area contributed by atoms with Crippen LogP contribution in [0.4, 0.5) is 5.69 Å². The molecular formula is C19H21N3O2. The summed E-state index contributed by atoms with van der Waals surface area (Å²) in [4.78, 5) is 14.0. The van der Waals surface area contributed by atoms with Crippen LogP contribution in [0.2, 0.25) is 0 Å². The normalized spacial score (nSPS) is 16.9. The van der Waals surface area contributed by atoms with Crippen molar-refractivity contribution in [2.45, 2.75) is 19.4 Å². The number of phenols is 1. The second-order valence-corrected chi connectivity index (χ2v) is 6.13. The summed E-state index contributed by atoms with van der Waals surface area (Å²) in [6.07, 6.45) is 0.582. The molecule has 1 aliphatic rings. The van der Waals surface area contributed by atoms with Gasteiger partial charge in [0.25, 0.3) is 0 Å². The number of anilines is 1. The number of carbonyl (C=O) groups excluding carboxylic acids is 1. The van der Waals surface area contributed by atoms with Crippen LogP contribution in [0.25, 0.3) is 0 Å². The summed E-state index contributed by atoms with van der Waals surface area (Å²) in [6, 6.07) is 15.1.